The molecule has 0 amide bonds. The Morgan fingerprint density at radius 3 is 2.18 bits per heavy atom. The van der Waals surface area contributed by atoms with Crippen molar-refractivity contribution in [3.05, 3.63) is 34.9 Å². The maximum absolute atomic E-state index is 9.58. The number of likely N-dealkylation sites (tertiary alicyclic amines) is 1. The van der Waals surface area contributed by atoms with Crippen LogP contribution in [0, 0.1) is 0 Å². The molecule has 4 heteroatoms. The van der Waals surface area contributed by atoms with Crippen molar-refractivity contribution < 1.29 is 5.11 Å². The molecule has 1 aliphatic heterocycles. The molecule has 122 valence electrons. The Morgan fingerprint density at radius 1 is 0.955 bits per heavy atom. The highest BCUT2D eigenvalue weighted by Gasteiger charge is 2.24. The van der Waals surface area contributed by atoms with E-state index in [-0.39, 0.29) is 6.10 Å². The third-order valence-corrected chi connectivity index (χ3v) is 5.33. The zero-order valence-electron chi connectivity index (χ0n) is 13.2. The molecule has 2 N–H and O–H groups in total. The number of halogens is 1. The van der Waals surface area contributed by atoms with Crippen LogP contribution in [-0.4, -0.2) is 41.3 Å². The van der Waals surface area contributed by atoms with Gasteiger partial charge in [-0.1, -0.05) is 23.7 Å². The fourth-order valence-electron chi connectivity index (χ4n) is 3.68. The fourth-order valence-corrected chi connectivity index (χ4v) is 3.81. The van der Waals surface area contributed by atoms with E-state index in [1.165, 1.54) is 18.4 Å². The summed E-state index contributed by atoms with van der Waals surface area (Å²) in [6.07, 6.45) is 6.59. The number of piperidine rings is 1. The van der Waals surface area contributed by atoms with Gasteiger partial charge in [-0.05, 0) is 69.3 Å². The summed E-state index contributed by atoms with van der Waals surface area (Å²) in [6.45, 7) is 3.35. The highest BCUT2D eigenvalue weighted by atomic mass is 35.5. The summed E-state index contributed by atoms with van der Waals surface area (Å²) >= 11 is 5.94. The summed E-state index contributed by atoms with van der Waals surface area (Å²) in [5.41, 5.74) is 1.34. The van der Waals surface area contributed by atoms with E-state index in [1.807, 2.05) is 12.1 Å². The lowest BCUT2D eigenvalue weighted by atomic mass is 9.91. The highest BCUT2D eigenvalue weighted by Crippen LogP contribution is 2.21. The lowest BCUT2D eigenvalue weighted by molar-refractivity contribution is 0.108. The van der Waals surface area contributed by atoms with Crippen LogP contribution in [0.5, 0.6) is 0 Å². The van der Waals surface area contributed by atoms with Crippen LogP contribution in [0.4, 0.5) is 0 Å². The van der Waals surface area contributed by atoms with E-state index in [9.17, 15) is 5.11 Å². The second-order valence-corrected chi connectivity index (χ2v) is 7.29. The molecule has 1 aliphatic carbocycles. The van der Waals surface area contributed by atoms with Crippen LogP contribution in [0.3, 0.4) is 0 Å². The van der Waals surface area contributed by atoms with E-state index in [2.05, 4.69) is 22.3 Å². The van der Waals surface area contributed by atoms with Crippen LogP contribution >= 0.6 is 11.6 Å². The van der Waals surface area contributed by atoms with Crippen LogP contribution in [0.25, 0.3) is 0 Å². The van der Waals surface area contributed by atoms with Crippen molar-refractivity contribution in [1.29, 1.82) is 0 Å². The Kier molecular flexibility index (Phi) is 5.75. The molecule has 0 atom stereocenters. The van der Waals surface area contributed by atoms with Gasteiger partial charge in [-0.2, -0.15) is 0 Å². The van der Waals surface area contributed by atoms with Gasteiger partial charge in [-0.15, -0.1) is 0 Å². The lowest BCUT2D eigenvalue weighted by Gasteiger charge is -2.36. The van der Waals surface area contributed by atoms with E-state index in [0.29, 0.717) is 12.1 Å². The number of nitrogens with one attached hydrogen (secondary N) is 1. The van der Waals surface area contributed by atoms with Crippen LogP contribution in [0.15, 0.2) is 24.3 Å². The zero-order valence-corrected chi connectivity index (χ0v) is 13.9. The van der Waals surface area contributed by atoms with E-state index < -0.39 is 0 Å². The Hall–Kier alpha value is -0.610. The second kappa shape index (κ2) is 7.78. The number of hydrogen-bond donors (Lipinski definition) is 2. The monoisotopic (exact) mass is 322 g/mol. The molecular formula is C18H27ClN2O. The summed E-state index contributed by atoms with van der Waals surface area (Å²) in [5, 5.41) is 14.2. The number of aliphatic hydroxyl groups is 1. The van der Waals surface area contributed by atoms with Crippen LogP contribution in [-0.2, 0) is 6.54 Å². The van der Waals surface area contributed by atoms with Crippen LogP contribution in [0.1, 0.15) is 44.1 Å². The minimum Gasteiger partial charge on any atom is -0.393 e. The molecular weight excluding hydrogens is 296 g/mol. The molecule has 22 heavy (non-hydrogen) atoms. The smallest absolute Gasteiger partial charge is 0.0541 e. The molecule has 0 bridgehead atoms. The van der Waals surface area contributed by atoms with Gasteiger partial charge in [0, 0.05) is 23.7 Å². The van der Waals surface area contributed by atoms with Gasteiger partial charge in [-0.3, -0.25) is 4.90 Å². The molecule has 3 rings (SSSR count). The molecule has 3 nitrogen and oxygen atoms in total. The normalized spacial score (nSPS) is 27.9. The van der Waals surface area contributed by atoms with E-state index >= 15 is 0 Å². The first kappa shape index (κ1) is 16.3. The van der Waals surface area contributed by atoms with Crippen molar-refractivity contribution in [3.63, 3.8) is 0 Å². The summed E-state index contributed by atoms with van der Waals surface area (Å²) < 4.78 is 0. The third-order valence-electron chi connectivity index (χ3n) is 5.08. The molecule has 0 aromatic heterocycles. The predicted octanol–water partition coefficient (Wildman–Crippen LogP) is 3.20. The molecule has 2 fully saturated rings. The largest absolute Gasteiger partial charge is 0.393 e. The van der Waals surface area contributed by atoms with Crippen LogP contribution in [0.2, 0.25) is 5.02 Å². The molecule has 1 aromatic carbocycles. The summed E-state index contributed by atoms with van der Waals surface area (Å²) in [4.78, 5) is 2.53. The Balaban J connectivity index is 1.39. The molecule has 0 spiro atoms. The quantitative estimate of drug-likeness (QED) is 0.893. The minimum absolute atomic E-state index is 0.0562. The van der Waals surface area contributed by atoms with Crippen LogP contribution < -0.4 is 5.32 Å². The van der Waals surface area contributed by atoms with Crippen molar-refractivity contribution >= 4 is 11.6 Å². The van der Waals surface area contributed by atoms with Gasteiger partial charge in [0.1, 0.15) is 0 Å². The number of rotatable bonds is 4. The van der Waals surface area contributed by atoms with Gasteiger partial charge in [-0.25, -0.2) is 0 Å². The first-order chi connectivity index (χ1) is 10.7. The molecule has 0 unspecified atom stereocenters. The first-order valence-corrected chi connectivity index (χ1v) is 8.98. The number of benzene rings is 1. The van der Waals surface area contributed by atoms with Gasteiger partial charge in [0.15, 0.2) is 0 Å². The van der Waals surface area contributed by atoms with Crippen molar-refractivity contribution in [3.8, 4) is 0 Å². The van der Waals surface area contributed by atoms with Crippen molar-refractivity contribution in [1.82, 2.24) is 10.2 Å². The molecule has 1 aromatic rings. The van der Waals surface area contributed by atoms with Gasteiger partial charge in [0.05, 0.1) is 6.10 Å². The standard InChI is InChI=1S/C18H27ClN2O/c19-15-3-1-14(2-4-15)13-21-11-9-17(10-12-21)20-16-5-7-18(22)8-6-16/h1-4,16-18,20,22H,5-13H2. The summed E-state index contributed by atoms with van der Waals surface area (Å²) in [5.74, 6) is 0. The molecule has 1 heterocycles. The lowest BCUT2D eigenvalue weighted by Crippen LogP contribution is -2.47. The van der Waals surface area contributed by atoms with Gasteiger partial charge < -0.3 is 10.4 Å². The fraction of sp³-hybridized carbons (Fsp3) is 0.667. The van der Waals surface area contributed by atoms with E-state index in [4.69, 9.17) is 11.6 Å². The minimum atomic E-state index is -0.0562. The first-order valence-electron chi connectivity index (χ1n) is 8.60. The molecule has 0 radical (unpaired) electrons. The molecule has 1 saturated heterocycles. The van der Waals surface area contributed by atoms with Gasteiger partial charge in [0.2, 0.25) is 0 Å². The molecule has 2 aliphatic rings. The van der Waals surface area contributed by atoms with E-state index in [1.54, 1.807) is 0 Å². The maximum atomic E-state index is 9.58. The second-order valence-electron chi connectivity index (χ2n) is 6.85. The maximum Gasteiger partial charge on any atom is 0.0541 e. The highest BCUT2D eigenvalue weighted by molar-refractivity contribution is 6.30. The number of nitrogens with zero attached hydrogens (tertiary/aromatic N) is 1. The topological polar surface area (TPSA) is 35.5 Å². The van der Waals surface area contributed by atoms with Gasteiger partial charge in [0.25, 0.3) is 0 Å². The summed E-state index contributed by atoms with van der Waals surface area (Å²) in [7, 11) is 0. The average Bonchev–Trinajstić information content (AvgIpc) is 2.54. The van der Waals surface area contributed by atoms with E-state index in [0.717, 1.165) is 50.3 Å². The number of aliphatic hydroxyl groups excluding tert-OH is 1. The zero-order chi connectivity index (χ0) is 15.4. The van der Waals surface area contributed by atoms with Crippen molar-refractivity contribution in [2.45, 2.75) is 63.3 Å². The Bertz CT molecular complexity index is 449. The van der Waals surface area contributed by atoms with Crippen molar-refractivity contribution in [2.75, 3.05) is 13.1 Å². The summed E-state index contributed by atoms with van der Waals surface area (Å²) in [6, 6.07) is 9.48. The molecule has 1 saturated carbocycles. The Labute approximate surface area is 138 Å². The average molecular weight is 323 g/mol. The SMILES string of the molecule is OC1CCC(NC2CCN(Cc3ccc(Cl)cc3)CC2)CC1. The number of hydrogen-bond acceptors (Lipinski definition) is 3. The van der Waals surface area contributed by atoms with Gasteiger partial charge >= 0.3 is 0 Å². The van der Waals surface area contributed by atoms with Crippen molar-refractivity contribution in [2.24, 2.45) is 0 Å². The predicted molar refractivity (Wildman–Crippen MR) is 91.1 cm³/mol. The third kappa shape index (κ3) is 4.69. The Morgan fingerprint density at radius 2 is 1.55 bits per heavy atom.